The minimum atomic E-state index is 0.581. The van der Waals surface area contributed by atoms with E-state index in [0.717, 1.165) is 34.4 Å². The fourth-order valence-corrected chi connectivity index (χ4v) is 2.65. The van der Waals surface area contributed by atoms with Crippen molar-refractivity contribution in [2.75, 3.05) is 18.9 Å². The molecule has 0 spiro atoms. The topological polar surface area (TPSA) is 71.9 Å². The number of hydrogen-bond donors (Lipinski definition) is 1. The second kappa shape index (κ2) is 6.00. The van der Waals surface area contributed by atoms with Crippen LogP contribution in [0.25, 0.3) is 16.7 Å². The molecule has 1 aliphatic rings. The van der Waals surface area contributed by atoms with Crippen molar-refractivity contribution in [3.05, 3.63) is 53.4 Å². The van der Waals surface area contributed by atoms with Crippen LogP contribution in [0.2, 0.25) is 0 Å². The smallest absolute Gasteiger partial charge is 0.101 e. The number of pyridine rings is 1. The van der Waals surface area contributed by atoms with Crippen LogP contribution in [0.1, 0.15) is 23.2 Å². The Kier molecular flexibility index (Phi) is 3.90. The monoisotopic (exact) mass is 291 g/mol. The third-order valence-electron chi connectivity index (χ3n) is 3.85. The molecule has 0 bridgehead atoms. The zero-order chi connectivity index (χ0) is 15.5. The van der Waals surface area contributed by atoms with E-state index in [0.29, 0.717) is 24.5 Å². The van der Waals surface area contributed by atoms with Crippen molar-refractivity contribution in [3.63, 3.8) is 0 Å². The predicted octanol–water partition coefficient (Wildman–Crippen LogP) is 3.31. The van der Waals surface area contributed by atoms with Crippen LogP contribution in [0.15, 0.2) is 36.5 Å². The predicted molar refractivity (Wildman–Crippen MR) is 87.0 cm³/mol. The number of rotatable bonds is 2. The molecule has 2 heterocycles. The summed E-state index contributed by atoms with van der Waals surface area (Å²) in [4.78, 5) is 4.53. The van der Waals surface area contributed by atoms with E-state index >= 15 is 0 Å². The minimum Gasteiger partial charge on any atom is -0.399 e. The lowest BCUT2D eigenvalue weighted by atomic mass is 9.97. The molecular formula is C18H17N3O. The standard InChI is InChI=1S/C18H17N3O/c1-12-2-3-16(20)9-17(12)15-8-14(10-19)18(21-11-15)13-4-6-22-7-5-13/h2-4,8-9,11H,5-7,20H2,1H3. The Morgan fingerprint density at radius 1 is 1.32 bits per heavy atom. The summed E-state index contributed by atoms with van der Waals surface area (Å²) in [7, 11) is 0. The largest absolute Gasteiger partial charge is 0.399 e. The number of nitrogens with two attached hydrogens (primary N) is 1. The first-order valence-electron chi connectivity index (χ1n) is 7.23. The van der Waals surface area contributed by atoms with Crippen LogP contribution in [-0.4, -0.2) is 18.2 Å². The van der Waals surface area contributed by atoms with Gasteiger partial charge in [-0.15, -0.1) is 0 Å². The number of ether oxygens (including phenoxy) is 1. The van der Waals surface area contributed by atoms with Crippen LogP contribution in [0.4, 0.5) is 5.69 Å². The Balaban J connectivity index is 2.07. The number of hydrogen-bond acceptors (Lipinski definition) is 4. The quantitative estimate of drug-likeness (QED) is 0.862. The molecule has 0 unspecified atom stereocenters. The summed E-state index contributed by atoms with van der Waals surface area (Å²) in [5.74, 6) is 0. The highest BCUT2D eigenvalue weighted by molar-refractivity contribution is 5.75. The van der Waals surface area contributed by atoms with E-state index in [-0.39, 0.29) is 0 Å². The third kappa shape index (κ3) is 2.72. The normalized spacial score (nSPS) is 14.3. The zero-order valence-corrected chi connectivity index (χ0v) is 12.5. The Hall–Kier alpha value is -2.64. The lowest BCUT2D eigenvalue weighted by Gasteiger charge is -2.15. The van der Waals surface area contributed by atoms with Crippen LogP contribution < -0.4 is 5.73 Å². The Labute approximate surface area is 129 Å². The highest BCUT2D eigenvalue weighted by Gasteiger charge is 2.14. The van der Waals surface area contributed by atoms with Crippen molar-refractivity contribution in [2.24, 2.45) is 0 Å². The van der Waals surface area contributed by atoms with Crippen LogP contribution in [-0.2, 0) is 4.74 Å². The molecule has 110 valence electrons. The number of nitrogen functional groups attached to an aromatic ring is 1. The average Bonchev–Trinajstić information content (AvgIpc) is 2.57. The van der Waals surface area contributed by atoms with E-state index in [1.165, 1.54) is 0 Å². The molecule has 4 nitrogen and oxygen atoms in total. The molecule has 2 aromatic rings. The van der Waals surface area contributed by atoms with Gasteiger partial charge in [0.15, 0.2) is 0 Å². The molecule has 0 fully saturated rings. The number of nitriles is 1. The molecule has 2 N–H and O–H groups in total. The van der Waals surface area contributed by atoms with Crippen LogP contribution in [0, 0.1) is 18.3 Å². The third-order valence-corrected chi connectivity index (χ3v) is 3.85. The minimum absolute atomic E-state index is 0.581. The number of aromatic nitrogens is 1. The van der Waals surface area contributed by atoms with Gasteiger partial charge in [0.1, 0.15) is 6.07 Å². The second-order valence-corrected chi connectivity index (χ2v) is 5.36. The van der Waals surface area contributed by atoms with Gasteiger partial charge in [-0.25, -0.2) is 0 Å². The summed E-state index contributed by atoms with van der Waals surface area (Å²) in [5, 5.41) is 9.47. The van der Waals surface area contributed by atoms with Crippen LogP contribution in [0.5, 0.6) is 0 Å². The van der Waals surface area contributed by atoms with E-state index in [2.05, 4.69) is 11.1 Å². The van der Waals surface area contributed by atoms with Gasteiger partial charge >= 0.3 is 0 Å². The average molecular weight is 291 g/mol. The van der Waals surface area contributed by atoms with E-state index in [4.69, 9.17) is 10.5 Å². The van der Waals surface area contributed by atoms with E-state index < -0.39 is 0 Å². The van der Waals surface area contributed by atoms with E-state index in [9.17, 15) is 5.26 Å². The van der Waals surface area contributed by atoms with Crippen molar-refractivity contribution in [1.29, 1.82) is 5.26 Å². The SMILES string of the molecule is Cc1ccc(N)cc1-c1cnc(C2=CCOCC2)c(C#N)c1. The summed E-state index contributed by atoms with van der Waals surface area (Å²) in [6, 6.07) is 9.92. The van der Waals surface area contributed by atoms with E-state index in [1.807, 2.05) is 43.5 Å². The van der Waals surface area contributed by atoms with Gasteiger partial charge in [0.05, 0.1) is 24.5 Å². The second-order valence-electron chi connectivity index (χ2n) is 5.36. The van der Waals surface area contributed by atoms with Gasteiger partial charge in [0.2, 0.25) is 0 Å². The molecule has 0 atom stereocenters. The highest BCUT2D eigenvalue weighted by Crippen LogP contribution is 2.29. The fourth-order valence-electron chi connectivity index (χ4n) is 2.65. The zero-order valence-electron chi connectivity index (χ0n) is 12.5. The number of benzene rings is 1. The molecule has 0 amide bonds. The van der Waals surface area contributed by atoms with Crippen LogP contribution >= 0.6 is 0 Å². The number of nitrogens with zero attached hydrogens (tertiary/aromatic N) is 2. The maximum absolute atomic E-state index is 9.47. The van der Waals surface area contributed by atoms with Crippen molar-refractivity contribution in [2.45, 2.75) is 13.3 Å². The van der Waals surface area contributed by atoms with Gasteiger partial charge in [0.25, 0.3) is 0 Å². The van der Waals surface area contributed by atoms with Gasteiger partial charge in [-0.05, 0) is 48.2 Å². The first-order valence-corrected chi connectivity index (χ1v) is 7.23. The van der Waals surface area contributed by atoms with Gasteiger partial charge in [-0.3, -0.25) is 4.98 Å². The molecule has 22 heavy (non-hydrogen) atoms. The number of aryl methyl sites for hydroxylation is 1. The maximum atomic E-state index is 9.47. The van der Waals surface area contributed by atoms with Crippen molar-refractivity contribution < 1.29 is 4.74 Å². The van der Waals surface area contributed by atoms with Crippen LogP contribution in [0.3, 0.4) is 0 Å². The summed E-state index contributed by atoms with van der Waals surface area (Å²) in [6.07, 6.45) is 4.60. The summed E-state index contributed by atoms with van der Waals surface area (Å²) < 4.78 is 5.32. The highest BCUT2D eigenvalue weighted by atomic mass is 16.5. The summed E-state index contributed by atoms with van der Waals surface area (Å²) >= 11 is 0. The van der Waals surface area contributed by atoms with Crippen molar-refractivity contribution in [3.8, 4) is 17.2 Å². The molecule has 4 heteroatoms. The molecule has 0 saturated carbocycles. The first-order chi connectivity index (χ1) is 10.7. The Bertz CT molecular complexity index is 787. The first kappa shape index (κ1) is 14.3. The number of anilines is 1. The molecule has 1 aromatic heterocycles. The van der Waals surface area contributed by atoms with Gasteiger partial charge in [-0.1, -0.05) is 12.1 Å². The molecule has 0 radical (unpaired) electrons. The summed E-state index contributed by atoms with van der Waals surface area (Å²) in [6.45, 7) is 3.28. The van der Waals surface area contributed by atoms with Gasteiger partial charge in [0, 0.05) is 17.4 Å². The molecule has 0 aliphatic carbocycles. The van der Waals surface area contributed by atoms with E-state index in [1.54, 1.807) is 0 Å². The van der Waals surface area contributed by atoms with Crippen molar-refractivity contribution in [1.82, 2.24) is 4.98 Å². The van der Waals surface area contributed by atoms with Gasteiger partial charge in [-0.2, -0.15) is 5.26 Å². The fraction of sp³-hybridized carbons (Fsp3) is 0.222. The van der Waals surface area contributed by atoms with Gasteiger partial charge < -0.3 is 10.5 Å². The summed E-state index contributed by atoms with van der Waals surface area (Å²) in [5.41, 5.74) is 12.0. The molecule has 3 rings (SSSR count). The Morgan fingerprint density at radius 2 is 2.18 bits per heavy atom. The molecular weight excluding hydrogens is 274 g/mol. The molecule has 1 aliphatic heterocycles. The van der Waals surface area contributed by atoms with Crippen molar-refractivity contribution >= 4 is 11.3 Å². The lowest BCUT2D eigenvalue weighted by Crippen LogP contribution is -2.06. The molecule has 0 saturated heterocycles. The lowest BCUT2D eigenvalue weighted by molar-refractivity contribution is 0.161. The maximum Gasteiger partial charge on any atom is 0.101 e. The Morgan fingerprint density at radius 3 is 2.91 bits per heavy atom. The molecule has 1 aromatic carbocycles.